The van der Waals surface area contributed by atoms with E-state index in [4.69, 9.17) is 0 Å². The molecular formula is C24H16O3. The van der Waals surface area contributed by atoms with Gasteiger partial charge in [-0.15, -0.1) is 0 Å². The fourth-order valence-corrected chi connectivity index (χ4v) is 4.56. The summed E-state index contributed by atoms with van der Waals surface area (Å²) in [6, 6.07) is 14.7. The number of Topliss-reactive ketones (excluding diaryl/α,β-unsaturated/α-hetero) is 3. The van der Waals surface area contributed by atoms with Crippen molar-refractivity contribution in [3.8, 4) is 0 Å². The predicted octanol–water partition coefficient (Wildman–Crippen LogP) is 4.60. The molecule has 0 saturated carbocycles. The van der Waals surface area contributed by atoms with Crippen molar-refractivity contribution in [1.29, 1.82) is 0 Å². The lowest BCUT2D eigenvalue weighted by molar-refractivity contribution is -0.111. The highest BCUT2D eigenvalue weighted by molar-refractivity contribution is 6.55. The highest BCUT2D eigenvalue weighted by Crippen LogP contribution is 2.48. The molecule has 0 heterocycles. The van der Waals surface area contributed by atoms with Gasteiger partial charge in [0.1, 0.15) is 0 Å². The van der Waals surface area contributed by atoms with E-state index in [1.54, 1.807) is 18.2 Å². The molecule has 0 fully saturated rings. The minimum absolute atomic E-state index is 0.154. The molecule has 27 heavy (non-hydrogen) atoms. The zero-order valence-corrected chi connectivity index (χ0v) is 14.8. The quantitative estimate of drug-likeness (QED) is 0.651. The second-order valence-corrected chi connectivity index (χ2v) is 6.99. The molecule has 2 aromatic rings. The summed E-state index contributed by atoms with van der Waals surface area (Å²) in [7, 11) is 0. The lowest BCUT2D eigenvalue weighted by Crippen LogP contribution is -2.31. The third kappa shape index (κ3) is 2.00. The SMILES string of the molecule is CC=C1C2=C(C(=O)c3ccccc31)C1=C(CC2)c2ccccc2C(=O)C1=O. The summed E-state index contributed by atoms with van der Waals surface area (Å²) in [5, 5.41) is 0. The van der Waals surface area contributed by atoms with Crippen LogP contribution in [0.25, 0.3) is 11.1 Å². The number of allylic oxidation sites excluding steroid dienone is 6. The van der Waals surface area contributed by atoms with Crippen molar-refractivity contribution >= 4 is 28.5 Å². The third-order valence-corrected chi connectivity index (χ3v) is 5.71. The van der Waals surface area contributed by atoms with Crippen LogP contribution >= 0.6 is 0 Å². The van der Waals surface area contributed by atoms with Crippen LogP contribution in [0.2, 0.25) is 0 Å². The van der Waals surface area contributed by atoms with Crippen molar-refractivity contribution in [2.24, 2.45) is 0 Å². The molecule has 0 aromatic heterocycles. The Morgan fingerprint density at radius 2 is 1.15 bits per heavy atom. The number of carbonyl (C=O) groups is 3. The molecule has 0 spiro atoms. The molecule has 3 aliphatic rings. The standard InChI is InChI=1S/C24H16O3/c1-2-13-14-7-3-5-9-18(14)22(25)20-16(13)11-12-17-15-8-4-6-10-19(15)23(26)24(27)21(17)20/h2-10H,11-12H2,1H3. The maximum absolute atomic E-state index is 13.3. The van der Waals surface area contributed by atoms with Crippen molar-refractivity contribution < 1.29 is 14.4 Å². The van der Waals surface area contributed by atoms with E-state index < -0.39 is 11.6 Å². The summed E-state index contributed by atoms with van der Waals surface area (Å²) in [5.74, 6) is -1.23. The first-order valence-corrected chi connectivity index (χ1v) is 9.09. The minimum Gasteiger partial charge on any atom is -0.289 e. The van der Waals surface area contributed by atoms with E-state index in [1.165, 1.54) is 0 Å². The average molecular weight is 352 g/mol. The van der Waals surface area contributed by atoms with Crippen LogP contribution in [0.4, 0.5) is 0 Å². The van der Waals surface area contributed by atoms with Gasteiger partial charge in [0.2, 0.25) is 11.6 Å². The van der Waals surface area contributed by atoms with Gasteiger partial charge in [-0.25, -0.2) is 0 Å². The molecule has 0 bridgehead atoms. The number of hydrogen-bond donors (Lipinski definition) is 0. The fraction of sp³-hybridized carbons (Fsp3) is 0.125. The van der Waals surface area contributed by atoms with Crippen molar-refractivity contribution in [2.75, 3.05) is 0 Å². The highest BCUT2D eigenvalue weighted by atomic mass is 16.2. The van der Waals surface area contributed by atoms with Crippen LogP contribution in [-0.2, 0) is 4.79 Å². The molecule has 0 radical (unpaired) electrons. The fourth-order valence-electron chi connectivity index (χ4n) is 4.56. The van der Waals surface area contributed by atoms with Crippen LogP contribution in [-0.4, -0.2) is 17.3 Å². The Bertz CT molecular complexity index is 1170. The van der Waals surface area contributed by atoms with Gasteiger partial charge in [0.05, 0.1) is 0 Å². The Kier molecular flexibility index (Phi) is 3.28. The van der Waals surface area contributed by atoms with Crippen molar-refractivity contribution in [3.63, 3.8) is 0 Å². The topological polar surface area (TPSA) is 51.2 Å². The summed E-state index contributed by atoms with van der Waals surface area (Å²) in [5.41, 5.74) is 6.19. The van der Waals surface area contributed by atoms with Gasteiger partial charge in [0, 0.05) is 22.3 Å². The van der Waals surface area contributed by atoms with Gasteiger partial charge in [-0.05, 0) is 47.6 Å². The van der Waals surface area contributed by atoms with Crippen LogP contribution in [0.15, 0.2) is 71.3 Å². The normalized spacial score (nSPS) is 19.7. The van der Waals surface area contributed by atoms with E-state index in [2.05, 4.69) is 0 Å². The van der Waals surface area contributed by atoms with Gasteiger partial charge in [0.15, 0.2) is 5.78 Å². The maximum atomic E-state index is 13.3. The van der Waals surface area contributed by atoms with E-state index >= 15 is 0 Å². The summed E-state index contributed by atoms with van der Waals surface area (Å²) in [4.78, 5) is 39.1. The Morgan fingerprint density at radius 1 is 0.630 bits per heavy atom. The predicted molar refractivity (Wildman–Crippen MR) is 103 cm³/mol. The van der Waals surface area contributed by atoms with Gasteiger partial charge in [-0.1, -0.05) is 54.6 Å². The Hall–Kier alpha value is -3.33. The Morgan fingerprint density at radius 3 is 1.81 bits per heavy atom. The highest BCUT2D eigenvalue weighted by Gasteiger charge is 2.42. The monoisotopic (exact) mass is 352 g/mol. The molecule has 0 unspecified atom stereocenters. The van der Waals surface area contributed by atoms with E-state index in [9.17, 15) is 14.4 Å². The smallest absolute Gasteiger partial charge is 0.234 e. The Balaban J connectivity index is 1.84. The summed E-state index contributed by atoms with van der Waals surface area (Å²) in [6.07, 6.45) is 3.33. The lowest BCUT2D eigenvalue weighted by Gasteiger charge is -2.33. The average Bonchev–Trinajstić information content (AvgIpc) is 2.72. The molecule has 5 rings (SSSR count). The second-order valence-electron chi connectivity index (χ2n) is 6.99. The minimum atomic E-state index is -0.556. The maximum Gasteiger partial charge on any atom is 0.234 e. The van der Waals surface area contributed by atoms with E-state index in [-0.39, 0.29) is 5.78 Å². The number of benzene rings is 2. The number of hydrogen-bond acceptors (Lipinski definition) is 3. The number of rotatable bonds is 0. The molecule has 0 amide bonds. The van der Waals surface area contributed by atoms with E-state index in [0.29, 0.717) is 35.1 Å². The van der Waals surface area contributed by atoms with Gasteiger partial charge in [0.25, 0.3) is 0 Å². The van der Waals surface area contributed by atoms with Gasteiger partial charge >= 0.3 is 0 Å². The molecular weight excluding hydrogens is 336 g/mol. The first kappa shape index (κ1) is 15.9. The van der Waals surface area contributed by atoms with E-state index in [1.807, 2.05) is 43.3 Å². The molecule has 3 aliphatic carbocycles. The van der Waals surface area contributed by atoms with Crippen LogP contribution in [0, 0.1) is 0 Å². The lowest BCUT2D eigenvalue weighted by atomic mass is 9.68. The largest absolute Gasteiger partial charge is 0.289 e. The van der Waals surface area contributed by atoms with Crippen LogP contribution in [0.1, 0.15) is 51.6 Å². The zero-order chi connectivity index (χ0) is 18.7. The summed E-state index contributed by atoms with van der Waals surface area (Å²) < 4.78 is 0. The Labute approximate surface area is 156 Å². The molecule has 3 heteroatoms. The van der Waals surface area contributed by atoms with Gasteiger partial charge < -0.3 is 0 Å². The molecule has 0 saturated heterocycles. The molecule has 130 valence electrons. The number of carbonyl (C=O) groups excluding carboxylic acids is 3. The van der Waals surface area contributed by atoms with Crippen molar-refractivity contribution in [3.05, 3.63) is 93.6 Å². The van der Waals surface area contributed by atoms with E-state index in [0.717, 1.165) is 27.8 Å². The number of ketones is 3. The second kappa shape index (κ2) is 5.58. The summed E-state index contributed by atoms with van der Waals surface area (Å²) >= 11 is 0. The van der Waals surface area contributed by atoms with Crippen LogP contribution in [0.5, 0.6) is 0 Å². The summed E-state index contributed by atoms with van der Waals surface area (Å²) in [6.45, 7) is 1.94. The molecule has 0 aliphatic heterocycles. The zero-order valence-electron chi connectivity index (χ0n) is 14.8. The van der Waals surface area contributed by atoms with Gasteiger partial charge in [-0.3, -0.25) is 14.4 Å². The molecule has 3 nitrogen and oxygen atoms in total. The molecule has 0 N–H and O–H groups in total. The molecule has 2 aromatic carbocycles. The van der Waals surface area contributed by atoms with Crippen molar-refractivity contribution in [2.45, 2.75) is 19.8 Å². The first-order chi connectivity index (χ1) is 13.1. The first-order valence-electron chi connectivity index (χ1n) is 9.09. The molecule has 0 atom stereocenters. The van der Waals surface area contributed by atoms with Crippen LogP contribution in [0.3, 0.4) is 0 Å². The van der Waals surface area contributed by atoms with Gasteiger partial charge in [-0.2, -0.15) is 0 Å². The van der Waals surface area contributed by atoms with Crippen LogP contribution < -0.4 is 0 Å². The number of fused-ring (bicyclic) bond motifs is 4. The van der Waals surface area contributed by atoms with Crippen molar-refractivity contribution in [1.82, 2.24) is 0 Å². The third-order valence-electron chi connectivity index (χ3n) is 5.71.